The number of nitrogens with zero attached hydrogens (tertiary/aromatic N) is 1. The second-order valence-electron chi connectivity index (χ2n) is 3.98. The lowest BCUT2D eigenvalue weighted by Gasteiger charge is -2.14. The topological polar surface area (TPSA) is 26.9 Å². The van der Waals surface area contributed by atoms with Crippen molar-refractivity contribution in [3.05, 3.63) is 34.8 Å². The van der Waals surface area contributed by atoms with Gasteiger partial charge >= 0.3 is 0 Å². The molecule has 0 unspecified atom stereocenters. The summed E-state index contributed by atoms with van der Waals surface area (Å²) in [5.74, 6) is 0.704. The molecule has 1 heterocycles. The molecule has 2 nitrogen and oxygen atoms in total. The van der Waals surface area contributed by atoms with Crippen molar-refractivity contribution < 1.29 is 4.73 Å². The van der Waals surface area contributed by atoms with E-state index < -0.39 is 0 Å². The molecule has 0 aliphatic carbocycles. The average Bonchev–Trinajstić information content (AvgIpc) is 2.02. The smallest absolute Gasteiger partial charge is 0.198 e. The number of rotatable bonds is 2. The summed E-state index contributed by atoms with van der Waals surface area (Å²) in [6, 6.07) is 3.85. The van der Waals surface area contributed by atoms with Crippen LogP contribution >= 0.6 is 0 Å². The minimum Gasteiger partial charge on any atom is -0.618 e. The van der Waals surface area contributed by atoms with Gasteiger partial charge in [0, 0.05) is 17.5 Å². The first-order chi connectivity index (χ1) is 6.04. The Morgan fingerprint density at radius 2 is 1.77 bits per heavy atom. The zero-order valence-electron chi connectivity index (χ0n) is 8.74. The van der Waals surface area contributed by atoms with Gasteiger partial charge in [-0.3, -0.25) is 0 Å². The van der Waals surface area contributed by atoms with Crippen LogP contribution in [0.15, 0.2) is 18.3 Å². The van der Waals surface area contributed by atoms with E-state index in [0.29, 0.717) is 5.92 Å². The molecule has 1 rings (SSSR count). The molecule has 0 amide bonds. The number of aromatic nitrogens is 1. The van der Waals surface area contributed by atoms with Crippen LogP contribution in [-0.4, -0.2) is 0 Å². The lowest BCUT2D eigenvalue weighted by atomic mass is 9.95. The van der Waals surface area contributed by atoms with Crippen LogP contribution in [0.2, 0.25) is 0 Å². The quantitative estimate of drug-likeness (QED) is 0.506. The molecular weight excluding hydrogens is 162 g/mol. The fourth-order valence-corrected chi connectivity index (χ4v) is 1.59. The van der Waals surface area contributed by atoms with E-state index in [9.17, 15) is 5.21 Å². The van der Waals surface area contributed by atoms with Gasteiger partial charge in [0.1, 0.15) is 0 Å². The highest BCUT2D eigenvalue weighted by molar-refractivity contribution is 5.21. The third-order valence-electron chi connectivity index (χ3n) is 2.20. The highest BCUT2D eigenvalue weighted by atomic mass is 16.5. The summed E-state index contributed by atoms with van der Waals surface area (Å²) in [7, 11) is 0. The van der Waals surface area contributed by atoms with Crippen LogP contribution in [0, 0.1) is 5.21 Å². The Morgan fingerprint density at radius 1 is 1.15 bits per heavy atom. The van der Waals surface area contributed by atoms with Crippen molar-refractivity contribution in [1.29, 1.82) is 0 Å². The summed E-state index contributed by atoms with van der Waals surface area (Å²) in [4.78, 5) is 0. The minimum absolute atomic E-state index is 0.288. The Balaban J connectivity index is 3.26. The van der Waals surface area contributed by atoms with Crippen LogP contribution in [0.4, 0.5) is 0 Å². The summed E-state index contributed by atoms with van der Waals surface area (Å²) >= 11 is 0. The molecule has 1 aromatic heterocycles. The molecule has 72 valence electrons. The Morgan fingerprint density at radius 3 is 2.15 bits per heavy atom. The molecule has 0 saturated heterocycles. The summed E-state index contributed by atoms with van der Waals surface area (Å²) in [6.07, 6.45) is 1.57. The molecule has 0 aliphatic rings. The van der Waals surface area contributed by atoms with Crippen LogP contribution in [-0.2, 0) is 0 Å². The van der Waals surface area contributed by atoms with Crippen molar-refractivity contribution in [2.24, 2.45) is 0 Å². The zero-order chi connectivity index (χ0) is 10.0. The van der Waals surface area contributed by atoms with Gasteiger partial charge in [-0.05, 0) is 12.0 Å². The van der Waals surface area contributed by atoms with Crippen molar-refractivity contribution in [1.82, 2.24) is 0 Å². The Labute approximate surface area is 79.8 Å². The first-order valence-corrected chi connectivity index (χ1v) is 4.76. The second-order valence-corrected chi connectivity index (χ2v) is 3.98. The number of hydrogen-bond acceptors (Lipinski definition) is 1. The maximum absolute atomic E-state index is 11.5. The van der Waals surface area contributed by atoms with Crippen molar-refractivity contribution in [3.8, 4) is 0 Å². The van der Waals surface area contributed by atoms with E-state index in [-0.39, 0.29) is 5.92 Å². The third-order valence-corrected chi connectivity index (χ3v) is 2.20. The summed E-state index contributed by atoms with van der Waals surface area (Å²) in [5.41, 5.74) is 2.06. The van der Waals surface area contributed by atoms with Crippen molar-refractivity contribution >= 4 is 0 Å². The van der Waals surface area contributed by atoms with Crippen LogP contribution in [0.25, 0.3) is 0 Å². The van der Waals surface area contributed by atoms with Gasteiger partial charge in [-0.15, -0.1) is 0 Å². The van der Waals surface area contributed by atoms with Crippen LogP contribution < -0.4 is 4.73 Å². The average molecular weight is 179 g/mol. The second kappa shape index (κ2) is 3.77. The van der Waals surface area contributed by atoms with Gasteiger partial charge < -0.3 is 5.21 Å². The maximum Gasteiger partial charge on any atom is 0.198 e. The summed E-state index contributed by atoms with van der Waals surface area (Å²) < 4.78 is 0.986. The van der Waals surface area contributed by atoms with E-state index in [0.717, 1.165) is 16.0 Å². The standard InChI is InChI=1S/C11H17NO/c1-8(2)10-6-5-7-12(13)11(10)9(3)4/h5-9H,1-4H3. The maximum atomic E-state index is 11.5. The van der Waals surface area contributed by atoms with E-state index >= 15 is 0 Å². The number of hydrogen-bond donors (Lipinski definition) is 0. The molecule has 0 radical (unpaired) electrons. The molecular formula is C11H17NO. The van der Waals surface area contributed by atoms with E-state index in [2.05, 4.69) is 27.7 Å². The first-order valence-electron chi connectivity index (χ1n) is 4.76. The molecule has 0 spiro atoms. The third kappa shape index (κ3) is 2.00. The van der Waals surface area contributed by atoms with Crippen LogP contribution in [0.5, 0.6) is 0 Å². The predicted octanol–water partition coefficient (Wildman–Crippen LogP) is 2.57. The zero-order valence-corrected chi connectivity index (χ0v) is 8.74. The van der Waals surface area contributed by atoms with Crippen LogP contribution in [0.3, 0.4) is 0 Å². The molecule has 0 aromatic carbocycles. The normalized spacial score (nSPS) is 11.2. The lowest BCUT2D eigenvalue weighted by molar-refractivity contribution is -0.615. The molecule has 0 atom stereocenters. The van der Waals surface area contributed by atoms with E-state index in [1.807, 2.05) is 12.1 Å². The van der Waals surface area contributed by atoms with Gasteiger partial charge in [0.2, 0.25) is 0 Å². The lowest BCUT2D eigenvalue weighted by Crippen LogP contribution is -2.33. The van der Waals surface area contributed by atoms with E-state index in [1.54, 1.807) is 6.20 Å². The summed E-state index contributed by atoms with van der Waals surface area (Å²) in [6.45, 7) is 8.33. The highest BCUT2D eigenvalue weighted by Gasteiger charge is 2.17. The van der Waals surface area contributed by atoms with E-state index in [4.69, 9.17) is 0 Å². The molecule has 0 saturated carbocycles. The first kappa shape index (κ1) is 10.0. The SMILES string of the molecule is CC(C)c1ccc[n+]([O-])c1C(C)C. The van der Waals surface area contributed by atoms with Gasteiger partial charge in [-0.2, -0.15) is 4.73 Å². The van der Waals surface area contributed by atoms with Gasteiger partial charge in [0.25, 0.3) is 0 Å². The van der Waals surface area contributed by atoms with Crippen molar-refractivity contribution in [2.45, 2.75) is 39.5 Å². The van der Waals surface area contributed by atoms with Gasteiger partial charge in [-0.1, -0.05) is 27.7 Å². The highest BCUT2D eigenvalue weighted by Crippen LogP contribution is 2.22. The largest absolute Gasteiger partial charge is 0.618 e. The Hall–Kier alpha value is -1.05. The van der Waals surface area contributed by atoms with E-state index in [1.165, 1.54) is 0 Å². The fourth-order valence-electron chi connectivity index (χ4n) is 1.59. The van der Waals surface area contributed by atoms with Crippen LogP contribution in [0.1, 0.15) is 50.8 Å². The monoisotopic (exact) mass is 179 g/mol. The molecule has 2 heteroatoms. The molecule has 0 N–H and O–H groups in total. The van der Waals surface area contributed by atoms with Gasteiger partial charge in [-0.25, -0.2) is 0 Å². The molecule has 1 aromatic rings. The number of pyridine rings is 1. The van der Waals surface area contributed by atoms with Crippen molar-refractivity contribution in [3.63, 3.8) is 0 Å². The minimum atomic E-state index is 0.288. The van der Waals surface area contributed by atoms with Crippen molar-refractivity contribution in [2.75, 3.05) is 0 Å². The Kier molecular flexibility index (Phi) is 2.91. The molecule has 0 aliphatic heterocycles. The van der Waals surface area contributed by atoms with Gasteiger partial charge in [0.05, 0.1) is 0 Å². The summed E-state index contributed by atoms with van der Waals surface area (Å²) in [5, 5.41) is 11.5. The predicted molar refractivity (Wildman–Crippen MR) is 53.6 cm³/mol. The fraction of sp³-hybridized carbons (Fsp3) is 0.545. The van der Waals surface area contributed by atoms with Gasteiger partial charge in [0.15, 0.2) is 11.9 Å². The molecule has 13 heavy (non-hydrogen) atoms. The molecule has 0 bridgehead atoms. The molecule has 0 fully saturated rings. The Bertz CT molecular complexity index is 292.